The number of benzene rings is 1. The van der Waals surface area contributed by atoms with Gasteiger partial charge in [-0.15, -0.1) is 0 Å². The van der Waals surface area contributed by atoms with Gasteiger partial charge < -0.3 is 4.74 Å². The van der Waals surface area contributed by atoms with E-state index in [1.54, 1.807) is 0 Å². The van der Waals surface area contributed by atoms with Gasteiger partial charge in [0, 0.05) is 6.42 Å². The van der Waals surface area contributed by atoms with Gasteiger partial charge in [0.15, 0.2) is 0 Å². The molecule has 0 spiro atoms. The lowest BCUT2D eigenvalue weighted by molar-refractivity contribution is 0.0500. The van der Waals surface area contributed by atoms with Crippen LogP contribution < -0.4 is 0 Å². The van der Waals surface area contributed by atoms with Crippen molar-refractivity contribution in [2.75, 3.05) is 0 Å². The zero-order valence-corrected chi connectivity index (χ0v) is 12.6. The molecule has 1 aromatic rings. The molecule has 0 fully saturated rings. The normalized spacial score (nSPS) is 12.3. The van der Waals surface area contributed by atoms with Crippen molar-refractivity contribution in [3.63, 3.8) is 0 Å². The lowest BCUT2D eigenvalue weighted by atomic mass is 9.83. The third-order valence-corrected chi connectivity index (χ3v) is 2.66. The average Bonchev–Trinajstić information content (AvgIpc) is 2.13. The minimum absolute atomic E-state index is 0.151. The molecule has 0 heterocycles. The van der Waals surface area contributed by atoms with Crippen molar-refractivity contribution in [1.29, 1.82) is 0 Å². The summed E-state index contributed by atoms with van der Waals surface area (Å²) in [4.78, 5) is 0. The fourth-order valence-corrected chi connectivity index (χ4v) is 2.09. The number of hydrogen-bond donors (Lipinski definition) is 0. The van der Waals surface area contributed by atoms with E-state index in [-0.39, 0.29) is 11.0 Å². The Hall–Kier alpha value is -1.24. The Balaban J connectivity index is 2.89. The van der Waals surface area contributed by atoms with E-state index >= 15 is 0 Å². The summed E-state index contributed by atoms with van der Waals surface area (Å²) in [5, 5.41) is 0. The summed E-state index contributed by atoms with van der Waals surface area (Å²) in [5.74, 6) is 0.833. The minimum Gasteiger partial charge on any atom is -0.493 e. The van der Waals surface area contributed by atoms with Gasteiger partial charge in [0.05, 0.1) is 5.76 Å². The van der Waals surface area contributed by atoms with Crippen LogP contribution in [-0.2, 0) is 16.6 Å². The molecule has 0 aromatic heterocycles. The maximum absolute atomic E-state index is 5.81. The summed E-state index contributed by atoms with van der Waals surface area (Å²) < 4.78 is 5.81. The molecule has 100 valence electrons. The Morgan fingerprint density at radius 2 is 1.61 bits per heavy atom. The maximum atomic E-state index is 5.81. The van der Waals surface area contributed by atoms with Crippen LogP contribution in [0.25, 0.3) is 0 Å². The second kappa shape index (κ2) is 5.17. The summed E-state index contributed by atoms with van der Waals surface area (Å²) >= 11 is 0. The first kappa shape index (κ1) is 14.8. The molecule has 0 amide bonds. The van der Waals surface area contributed by atoms with Crippen LogP contribution in [0.3, 0.4) is 0 Å². The Morgan fingerprint density at radius 3 is 2.11 bits per heavy atom. The predicted molar refractivity (Wildman–Crippen MR) is 78.8 cm³/mol. The van der Waals surface area contributed by atoms with E-state index in [0.29, 0.717) is 0 Å². The molecule has 1 heteroatoms. The number of rotatable bonds is 3. The fourth-order valence-electron chi connectivity index (χ4n) is 2.09. The Kier molecular flexibility index (Phi) is 4.26. The Labute approximate surface area is 112 Å². The first-order valence-electron chi connectivity index (χ1n) is 6.55. The maximum Gasteiger partial charge on any atom is 0.100 e. The monoisotopic (exact) mass is 246 g/mol. The highest BCUT2D eigenvalue weighted by atomic mass is 16.5. The second-order valence-corrected chi connectivity index (χ2v) is 6.84. The topological polar surface area (TPSA) is 9.23 Å². The molecule has 0 bridgehead atoms. The van der Waals surface area contributed by atoms with Crippen molar-refractivity contribution in [3.8, 4) is 0 Å². The van der Waals surface area contributed by atoms with Gasteiger partial charge in [0.2, 0.25) is 0 Å². The Morgan fingerprint density at radius 1 is 1.06 bits per heavy atom. The molecular weight excluding hydrogens is 220 g/mol. The molecule has 0 radical (unpaired) electrons. The van der Waals surface area contributed by atoms with Crippen molar-refractivity contribution in [3.05, 3.63) is 47.7 Å². The predicted octanol–water partition coefficient (Wildman–Crippen LogP) is 4.86. The van der Waals surface area contributed by atoms with Gasteiger partial charge in [-0.3, -0.25) is 0 Å². The standard InChI is InChI=1S/C17H26O/c1-13(18-17(5,6)7)12-14-10-8-9-11-15(14)16(2,3)4/h8-11H,1,12H2,2-7H3. The van der Waals surface area contributed by atoms with Gasteiger partial charge in [0.1, 0.15) is 5.60 Å². The molecule has 0 aliphatic heterocycles. The molecule has 0 saturated carbocycles. The molecule has 1 nitrogen and oxygen atoms in total. The highest BCUT2D eigenvalue weighted by molar-refractivity contribution is 5.34. The van der Waals surface area contributed by atoms with E-state index in [1.807, 2.05) is 20.8 Å². The number of allylic oxidation sites excluding steroid dienone is 1. The van der Waals surface area contributed by atoms with E-state index in [4.69, 9.17) is 4.74 Å². The van der Waals surface area contributed by atoms with Crippen LogP contribution in [0.2, 0.25) is 0 Å². The average molecular weight is 246 g/mol. The number of ether oxygens (including phenoxy) is 1. The summed E-state index contributed by atoms with van der Waals surface area (Å²) in [6.07, 6.45) is 0.782. The summed E-state index contributed by atoms with van der Waals surface area (Å²) in [6.45, 7) is 16.9. The van der Waals surface area contributed by atoms with Crippen molar-refractivity contribution < 1.29 is 4.74 Å². The SMILES string of the molecule is C=C(Cc1ccccc1C(C)(C)C)OC(C)(C)C. The van der Waals surface area contributed by atoms with Crippen molar-refractivity contribution >= 4 is 0 Å². The molecule has 18 heavy (non-hydrogen) atoms. The molecule has 0 atom stereocenters. The zero-order chi connectivity index (χ0) is 14.0. The minimum atomic E-state index is -0.173. The van der Waals surface area contributed by atoms with Gasteiger partial charge in [-0.25, -0.2) is 0 Å². The summed E-state index contributed by atoms with van der Waals surface area (Å²) in [6, 6.07) is 8.53. The van der Waals surface area contributed by atoms with E-state index in [9.17, 15) is 0 Å². The highest BCUT2D eigenvalue weighted by Crippen LogP contribution is 2.28. The lowest BCUT2D eigenvalue weighted by Gasteiger charge is -2.26. The number of hydrogen-bond acceptors (Lipinski definition) is 1. The van der Waals surface area contributed by atoms with Crippen molar-refractivity contribution in [2.24, 2.45) is 0 Å². The van der Waals surface area contributed by atoms with Crippen LogP contribution in [-0.4, -0.2) is 5.60 Å². The van der Waals surface area contributed by atoms with Crippen LogP contribution in [0.5, 0.6) is 0 Å². The smallest absolute Gasteiger partial charge is 0.100 e. The van der Waals surface area contributed by atoms with Crippen molar-refractivity contribution in [2.45, 2.75) is 59.0 Å². The van der Waals surface area contributed by atoms with Crippen LogP contribution in [0.15, 0.2) is 36.6 Å². The molecule has 0 unspecified atom stereocenters. The van der Waals surface area contributed by atoms with Gasteiger partial charge in [0.25, 0.3) is 0 Å². The van der Waals surface area contributed by atoms with Gasteiger partial charge >= 0.3 is 0 Å². The third-order valence-electron chi connectivity index (χ3n) is 2.66. The van der Waals surface area contributed by atoms with Crippen LogP contribution in [0.4, 0.5) is 0 Å². The van der Waals surface area contributed by atoms with Gasteiger partial charge in [-0.2, -0.15) is 0 Å². The summed E-state index contributed by atoms with van der Waals surface area (Å²) in [5.41, 5.74) is 2.65. The van der Waals surface area contributed by atoms with Crippen LogP contribution >= 0.6 is 0 Å². The molecule has 0 aliphatic rings. The van der Waals surface area contributed by atoms with E-state index in [0.717, 1.165) is 12.2 Å². The third kappa shape index (κ3) is 4.56. The van der Waals surface area contributed by atoms with E-state index in [1.165, 1.54) is 11.1 Å². The Bertz CT molecular complexity index is 416. The van der Waals surface area contributed by atoms with E-state index < -0.39 is 0 Å². The molecule has 0 saturated heterocycles. The lowest BCUT2D eigenvalue weighted by Crippen LogP contribution is -2.20. The van der Waals surface area contributed by atoms with Gasteiger partial charge in [-0.1, -0.05) is 51.6 Å². The molecule has 0 N–H and O–H groups in total. The van der Waals surface area contributed by atoms with Crippen LogP contribution in [0, 0.1) is 0 Å². The molecule has 1 rings (SSSR count). The largest absolute Gasteiger partial charge is 0.493 e. The van der Waals surface area contributed by atoms with Crippen LogP contribution in [0.1, 0.15) is 52.7 Å². The first-order chi connectivity index (χ1) is 8.09. The highest BCUT2D eigenvalue weighted by Gasteiger charge is 2.19. The fraction of sp³-hybridized carbons (Fsp3) is 0.529. The second-order valence-electron chi connectivity index (χ2n) is 6.84. The molecule has 1 aromatic carbocycles. The first-order valence-corrected chi connectivity index (χ1v) is 6.55. The molecule has 0 aliphatic carbocycles. The zero-order valence-electron chi connectivity index (χ0n) is 12.6. The quantitative estimate of drug-likeness (QED) is 0.692. The van der Waals surface area contributed by atoms with Crippen molar-refractivity contribution in [1.82, 2.24) is 0 Å². The van der Waals surface area contributed by atoms with Gasteiger partial charge in [-0.05, 0) is 37.3 Å². The van der Waals surface area contributed by atoms with E-state index in [2.05, 4.69) is 51.6 Å². The summed E-state index contributed by atoms with van der Waals surface area (Å²) in [7, 11) is 0. The molecular formula is C17H26O.